The number of fused-ring (bicyclic) bond motifs is 1. The highest BCUT2D eigenvalue weighted by Gasteiger charge is 2.28. The van der Waals surface area contributed by atoms with Gasteiger partial charge in [0, 0.05) is 36.5 Å². The number of aromatic nitrogens is 1. The number of benzene rings is 2. The number of nitrogens with zero attached hydrogens (tertiary/aromatic N) is 2. The topological polar surface area (TPSA) is 8.17 Å². The molecule has 0 N–H and O–H groups in total. The molecule has 0 radical (unpaired) electrons. The quantitative estimate of drug-likeness (QED) is 0.574. The molecule has 0 amide bonds. The van der Waals surface area contributed by atoms with Gasteiger partial charge in [-0.3, -0.25) is 4.90 Å². The normalized spacial score (nSPS) is 17.7. The Balaban J connectivity index is 1.79. The van der Waals surface area contributed by atoms with Crippen molar-refractivity contribution in [1.29, 1.82) is 0 Å². The second-order valence-corrected chi connectivity index (χ2v) is 7.78. The molecule has 0 spiro atoms. The highest BCUT2D eigenvalue weighted by Crippen LogP contribution is 2.35. The van der Waals surface area contributed by atoms with Crippen LogP contribution in [0.2, 0.25) is 5.02 Å². The van der Waals surface area contributed by atoms with E-state index in [1.807, 2.05) is 12.1 Å². The number of hydrogen-bond donors (Lipinski definition) is 0. The molecule has 0 saturated carbocycles. The molecule has 0 aliphatic carbocycles. The Kier molecular flexibility index (Phi) is 4.88. The minimum absolute atomic E-state index is 0.270. The largest absolute Gasteiger partial charge is 0.350 e. The van der Waals surface area contributed by atoms with Crippen LogP contribution in [-0.4, -0.2) is 16.0 Å². The van der Waals surface area contributed by atoms with E-state index in [0.29, 0.717) is 0 Å². The average Bonchev–Trinajstić information content (AvgIpc) is 3.00. The lowest BCUT2D eigenvalue weighted by Crippen LogP contribution is -2.30. The molecule has 0 bridgehead atoms. The van der Waals surface area contributed by atoms with Crippen molar-refractivity contribution >= 4 is 11.6 Å². The second kappa shape index (κ2) is 7.30. The second-order valence-electron chi connectivity index (χ2n) is 7.34. The Labute approximate surface area is 161 Å². The summed E-state index contributed by atoms with van der Waals surface area (Å²) in [6.45, 7) is 7.47. The number of hydrogen-bond acceptors (Lipinski definition) is 1. The summed E-state index contributed by atoms with van der Waals surface area (Å²) in [5.74, 6) is 0. The van der Waals surface area contributed by atoms with Gasteiger partial charge in [-0.2, -0.15) is 0 Å². The van der Waals surface area contributed by atoms with Gasteiger partial charge in [-0.05, 0) is 61.2 Å². The van der Waals surface area contributed by atoms with Crippen LogP contribution in [0.4, 0.5) is 0 Å². The maximum atomic E-state index is 6.24. The van der Waals surface area contributed by atoms with Crippen LogP contribution in [0.15, 0.2) is 60.8 Å². The van der Waals surface area contributed by atoms with E-state index in [9.17, 15) is 0 Å². The molecule has 1 unspecified atom stereocenters. The lowest BCUT2D eigenvalue weighted by Gasteiger charge is -2.32. The zero-order chi connectivity index (χ0) is 18.1. The third-order valence-electron chi connectivity index (χ3n) is 5.36. The molecule has 2 heterocycles. The van der Waals surface area contributed by atoms with Crippen molar-refractivity contribution in [3.8, 4) is 0 Å². The van der Waals surface area contributed by atoms with E-state index in [4.69, 9.17) is 11.6 Å². The standard InChI is InChI=1S/C23H25ClN2/c1-17-9-10-18(2)21(14-17)23-22-8-4-11-25(22)12-5-13-26(23)16-19-6-3-7-20(24)15-19/h3-4,6-11,14-15,23H,5,12-13,16H2,1-2H3. The fourth-order valence-corrected chi connectivity index (χ4v) is 4.30. The van der Waals surface area contributed by atoms with Gasteiger partial charge in [0.2, 0.25) is 0 Å². The predicted molar refractivity (Wildman–Crippen MR) is 109 cm³/mol. The van der Waals surface area contributed by atoms with Gasteiger partial charge >= 0.3 is 0 Å². The highest BCUT2D eigenvalue weighted by molar-refractivity contribution is 6.30. The van der Waals surface area contributed by atoms with Crippen LogP contribution < -0.4 is 0 Å². The summed E-state index contributed by atoms with van der Waals surface area (Å²) in [5.41, 5.74) is 6.74. The Hall–Kier alpha value is -2.03. The highest BCUT2D eigenvalue weighted by atomic mass is 35.5. The van der Waals surface area contributed by atoms with Gasteiger partial charge in [-0.15, -0.1) is 0 Å². The molecule has 0 saturated heterocycles. The monoisotopic (exact) mass is 364 g/mol. The van der Waals surface area contributed by atoms with Crippen molar-refractivity contribution in [2.75, 3.05) is 6.54 Å². The van der Waals surface area contributed by atoms with Crippen LogP contribution in [0.25, 0.3) is 0 Å². The maximum absolute atomic E-state index is 6.24. The summed E-state index contributed by atoms with van der Waals surface area (Å²) >= 11 is 6.24. The zero-order valence-electron chi connectivity index (χ0n) is 15.5. The van der Waals surface area contributed by atoms with Crippen LogP contribution in [0.3, 0.4) is 0 Å². The molecule has 1 aliphatic heterocycles. The minimum atomic E-state index is 0.270. The van der Waals surface area contributed by atoms with Gasteiger partial charge in [-0.1, -0.05) is 47.5 Å². The summed E-state index contributed by atoms with van der Waals surface area (Å²) in [6, 6.07) is 19.8. The van der Waals surface area contributed by atoms with Gasteiger partial charge in [0.05, 0.1) is 6.04 Å². The Morgan fingerprint density at radius 1 is 1.00 bits per heavy atom. The molecule has 3 aromatic rings. The summed E-state index contributed by atoms with van der Waals surface area (Å²) in [7, 11) is 0. The molecular weight excluding hydrogens is 340 g/mol. The van der Waals surface area contributed by atoms with Crippen LogP contribution in [0.1, 0.15) is 40.4 Å². The van der Waals surface area contributed by atoms with E-state index in [1.54, 1.807) is 0 Å². The van der Waals surface area contributed by atoms with E-state index in [1.165, 1.54) is 27.9 Å². The maximum Gasteiger partial charge on any atom is 0.0761 e. The molecule has 2 nitrogen and oxygen atoms in total. The molecule has 1 aromatic heterocycles. The SMILES string of the molecule is Cc1ccc(C)c(C2c3cccn3CCCN2Cc2cccc(Cl)c2)c1. The first-order valence-corrected chi connectivity index (χ1v) is 9.70. The van der Waals surface area contributed by atoms with E-state index in [0.717, 1.165) is 31.1 Å². The van der Waals surface area contributed by atoms with E-state index >= 15 is 0 Å². The predicted octanol–water partition coefficient (Wildman–Crippen LogP) is 5.75. The molecule has 4 rings (SSSR count). The Morgan fingerprint density at radius 2 is 1.88 bits per heavy atom. The molecule has 0 fully saturated rings. The average molecular weight is 365 g/mol. The van der Waals surface area contributed by atoms with E-state index in [-0.39, 0.29) is 6.04 Å². The van der Waals surface area contributed by atoms with Crippen molar-refractivity contribution < 1.29 is 0 Å². The molecule has 1 aliphatic rings. The van der Waals surface area contributed by atoms with Gasteiger partial charge < -0.3 is 4.57 Å². The summed E-state index contributed by atoms with van der Waals surface area (Å²) in [6.07, 6.45) is 3.37. The Morgan fingerprint density at radius 3 is 2.73 bits per heavy atom. The van der Waals surface area contributed by atoms with Crippen LogP contribution in [0, 0.1) is 13.8 Å². The minimum Gasteiger partial charge on any atom is -0.350 e. The van der Waals surface area contributed by atoms with Crippen LogP contribution in [0.5, 0.6) is 0 Å². The fraction of sp³-hybridized carbons (Fsp3) is 0.304. The summed E-state index contributed by atoms with van der Waals surface area (Å²) in [5, 5.41) is 0.809. The first kappa shape index (κ1) is 17.4. The number of aryl methyl sites for hydroxylation is 3. The third-order valence-corrected chi connectivity index (χ3v) is 5.59. The number of halogens is 1. The first-order valence-electron chi connectivity index (χ1n) is 9.32. The summed E-state index contributed by atoms with van der Waals surface area (Å²) in [4.78, 5) is 2.60. The molecule has 2 aromatic carbocycles. The van der Waals surface area contributed by atoms with Crippen molar-refractivity contribution in [2.45, 2.75) is 39.4 Å². The summed E-state index contributed by atoms with van der Waals surface area (Å²) < 4.78 is 2.42. The van der Waals surface area contributed by atoms with Crippen molar-refractivity contribution in [3.63, 3.8) is 0 Å². The molecule has 3 heteroatoms. The third kappa shape index (κ3) is 3.44. The van der Waals surface area contributed by atoms with Gasteiger partial charge in [0.1, 0.15) is 0 Å². The number of rotatable bonds is 3. The van der Waals surface area contributed by atoms with Crippen LogP contribution in [-0.2, 0) is 13.1 Å². The first-order chi connectivity index (χ1) is 12.6. The van der Waals surface area contributed by atoms with Crippen molar-refractivity contribution in [2.24, 2.45) is 0 Å². The van der Waals surface area contributed by atoms with Crippen LogP contribution >= 0.6 is 11.6 Å². The molecule has 1 atom stereocenters. The van der Waals surface area contributed by atoms with E-state index in [2.05, 4.69) is 72.0 Å². The van der Waals surface area contributed by atoms with Gasteiger partial charge in [0.25, 0.3) is 0 Å². The van der Waals surface area contributed by atoms with Crippen molar-refractivity contribution in [1.82, 2.24) is 9.47 Å². The smallest absolute Gasteiger partial charge is 0.0761 e. The van der Waals surface area contributed by atoms with E-state index < -0.39 is 0 Å². The lowest BCUT2D eigenvalue weighted by atomic mass is 9.95. The zero-order valence-corrected chi connectivity index (χ0v) is 16.2. The van der Waals surface area contributed by atoms with Gasteiger partial charge in [-0.25, -0.2) is 0 Å². The van der Waals surface area contributed by atoms with Gasteiger partial charge in [0.15, 0.2) is 0 Å². The Bertz CT molecular complexity index is 912. The fourth-order valence-electron chi connectivity index (χ4n) is 4.09. The lowest BCUT2D eigenvalue weighted by molar-refractivity contribution is 0.220. The van der Waals surface area contributed by atoms with Crippen molar-refractivity contribution in [3.05, 3.63) is 93.8 Å². The molecule has 134 valence electrons. The molecule has 26 heavy (non-hydrogen) atoms. The molecular formula is C23H25ClN2.